The van der Waals surface area contributed by atoms with Crippen molar-refractivity contribution < 1.29 is 14.3 Å². The zero-order chi connectivity index (χ0) is 20.8. The van der Waals surface area contributed by atoms with Gasteiger partial charge in [-0.2, -0.15) is 0 Å². The van der Waals surface area contributed by atoms with Crippen LogP contribution in [0.3, 0.4) is 0 Å². The minimum Gasteiger partial charge on any atom is -0.482 e. The van der Waals surface area contributed by atoms with Crippen LogP contribution in [-0.4, -0.2) is 25.0 Å². The molecule has 0 bridgehead atoms. The molecular weight excluding hydrogens is 364 g/mol. The maximum Gasteiger partial charge on any atom is 0.265 e. The van der Waals surface area contributed by atoms with E-state index >= 15 is 0 Å². The Morgan fingerprint density at radius 3 is 2.66 bits per heavy atom. The SMILES string of the molecule is CCCCN1C(=O)COc2ccc(NC(=O)/C=C/c3ccc(C(C)C)cc3)cc21. The number of carbonyl (C=O) groups excluding carboxylic acids is 2. The van der Waals surface area contributed by atoms with Crippen LogP contribution in [-0.2, 0) is 9.59 Å². The molecule has 0 saturated heterocycles. The van der Waals surface area contributed by atoms with Gasteiger partial charge in [-0.1, -0.05) is 51.5 Å². The van der Waals surface area contributed by atoms with Crippen molar-refractivity contribution in [1.29, 1.82) is 0 Å². The number of unbranched alkanes of at least 4 members (excludes halogenated alkanes) is 1. The molecule has 0 atom stereocenters. The largest absolute Gasteiger partial charge is 0.482 e. The highest BCUT2D eigenvalue weighted by Crippen LogP contribution is 2.34. The van der Waals surface area contributed by atoms with E-state index in [1.54, 1.807) is 29.2 Å². The smallest absolute Gasteiger partial charge is 0.265 e. The van der Waals surface area contributed by atoms with Gasteiger partial charge >= 0.3 is 0 Å². The van der Waals surface area contributed by atoms with Crippen molar-refractivity contribution in [2.75, 3.05) is 23.4 Å². The molecule has 1 aliphatic heterocycles. The van der Waals surface area contributed by atoms with Gasteiger partial charge < -0.3 is 15.0 Å². The molecule has 0 aromatic heterocycles. The van der Waals surface area contributed by atoms with Crippen molar-refractivity contribution >= 4 is 29.3 Å². The first kappa shape index (κ1) is 20.6. The van der Waals surface area contributed by atoms with Gasteiger partial charge in [-0.25, -0.2) is 0 Å². The fraction of sp³-hybridized carbons (Fsp3) is 0.333. The highest BCUT2D eigenvalue weighted by atomic mass is 16.5. The number of anilines is 2. The van der Waals surface area contributed by atoms with Crippen LogP contribution in [0.25, 0.3) is 6.08 Å². The van der Waals surface area contributed by atoms with E-state index in [0.29, 0.717) is 29.6 Å². The summed E-state index contributed by atoms with van der Waals surface area (Å²) in [6.45, 7) is 7.10. The lowest BCUT2D eigenvalue weighted by Gasteiger charge is -2.29. The number of carbonyl (C=O) groups is 2. The number of nitrogens with one attached hydrogen (secondary N) is 1. The Hall–Kier alpha value is -3.08. The third kappa shape index (κ3) is 5.25. The second-order valence-corrected chi connectivity index (χ2v) is 7.51. The number of ether oxygens (including phenoxy) is 1. The number of amides is 2. The lowest BCUT2D eigenvalue weighted by molar-refractivity contribution is -0.121. The van der Waals surface area contributed by atoms with Crippen molar-refractivity contribution in [3.63, 3.8) is 0 Å². The number of rotatable bonds is 7. The molecule has 0 aliphatic carbocycles. The molecule has 1 N–H and O–H groups in total. The molecule has 0 spiro atoms. The number of nitrogens with zero attached hydrogens (tertiary/aromatic N) is 1. The van der Waals surface area contributed by atoms with Crippen LogP contribution in [0.15, 0.2) is 48.5 Å². The van der Waals surface area contributed by atoms with Gasteiger partial charge in [0.1, 0.15) is 5.75 Å². The molecule has 2 amide bonds. The molecule has 152 valence electrons. The lowest BCUT2D eigenvalue weighted by Crippen LogP contribution is -2.39. The fourth-order valence-electron chi connectivity index (χ4n) is 3.19. The van der Waals surface area contributed by atoms with Gasteiger partial charge in [0.2, 0.25) is 5.91 Å². The van der Waals surface area contributed by atoms with Crippen LogP contribution >= 0.6 is 0 Å². The molecular formula is C24H28N2O3. The summed E-state index contributed by atoms with van der Waals surface area (Å²) in [7, 11) is 0. The molecule has 0 radical (unpaired) electrons. The van der Waals surface area contributed by atoms with E-state index in [9.17, 15) is 9.59 Å². The summed E-state index contributed by atoms with van der Waals surface area (Å²) in [4.78, 5) is 26.3. The molecule has 1 aliphatic rings. The minimum absolute atomic E-state index is 0.0563. The average Bonchev–Trinajstić information content (AvgIpc) is 2.72. The standard InChI is InChI=1S/C24H28N2O3/c1-4-5-14-26-21-15-20(11-12-22(21)29-16-24(26)28)25-23(27)13-8-18-6-9-19(10-7-18)17(2)3/h6-13,15,17H,4-5,14,16H2,1-3H3,(H,25,27)/b13-8+. The second kappa shape index (κ2) is 9.41. The third-order valence-electron chi connectivity index (χ3n) is 4.94. The summed E-state index contributed by atoms with van der Waals surface area (Å²) in [6.07, 6.45) is 5.22. The summed E-state index contributed by atoms with van der Waals surface area (Å²) in [5.41, 5.74) is 3.58. The van der Waals surface area contributed by atoms with Crippen molar-refractivity contribution in [2.45, 2.75) is 39.5 Å². The monoisotopic (exact) mass is 392 g/mol. The number of hydrogen-bond donors (Lipinski definition) is 1. The van der Waals surface area contributed by atoms with Crippen LogP contribution in [0, 0.1) is 0 Å². The maximum atomic E-state index is 12.3. The highest BCUT2D eigenvalue weighted by Gasteiger charge is 2.25. The van der Waals surface area contributed by atoms with Gasteiger partial charge in [0.25, 0.3) is 5.91 Å². The topological polar surface area (TPSA) is 58.6 Å². The zero-order valence-electron chi connectivity index (χ0n) is 17.3. The van der Waals surface area contributed by atoms with Crippen LogP contribution in [0.5, 0.6) is 5.75 Å². The summed E-state index contributed by atoms with van der Waals surface area (Å²) < 4.78 is 5.52. The summed E-state index contributed by atoms with van der Waals surface area (Å²) in [5, 5.41) is 2.86. The van der Waals surface area contributed by atoms with E-state index in [1.165, 1.54) is 11.6 Å². The second-order valence-electron chi connectivity index (χ2n) is 7.51. The Labute approximate surface area is 172 Å². The maximum absolute atomic E-state index is 12.3. The van der Waals surface area contributed by atoms with Gasteiger partial charge in [0, 0.05) is 18.3 Å². The highest BCUT2D eigenvalue weighted by molar-refractivity contribution is 6.03. The first-order valence-corrected chi connectivity index (χ1v) is 10.1. The zero-order valence-corrected chi connectivity index (χ0v) is 17.3. The molecule has 5 nitrogen and oxygen atoms in total. The first-order valence-electron chi connectivity index (χ1n) is 10.1. The Balaban J connectivity index is 1.69. The molecule has 1 heterocycles. The predicted octanol–water partition coefficient (Wildman–Crippen LogP) is 4.99. The van der Waals surface area contributed by atoms with Crippen molar-refractivity contribution in [3.05, 3.63) is 59.7 Å². The quantitative estimate of drug-likeness (QED) is 0.676. The van der Waals surface area contributed by atoms with E-state index in [4.69, 9.17) is 4.74 Å². The fourth-order valence-corrected chi connectivity index (χ4v) is 3.19. The number of hydrogen-bond acceptors (Lipinski definition) is 3. The molecule has 0 unspecified atom stereocenters. The Morgan fingerprint density at radius 1 is 1.21 bits per heavy atom. The Bertz CT molecular complexity index is 901. The molecule has 29 heavy (non-hydrogen) atoms. The Kier molecular flexibility index (Phi) is 6.70. The van der Waals surface area contributed by atoms with E-state index in [-0.39, 0.29) is 18.4 Å². The molecule has 3 rings (SSSR count). The van der Waals surface area contributed by atoms with Crippen molar-refractivity contribution in [3.8, 4) is 5.75 Å². The average molecular weight is 392 g/mol. The molecule has 0 saturated carbocycles. The van der Waals surface area contributed by atoms with Crippen molar-refractivity contribution in [2.24, 2.45) is 0 Å². The molecule has 2 aromatic carbocycles. The lowest BCUT2D eigenvalue weighted by atomic mass is 10.0. The van der Waals surface area contributed by atoms with E-state index in [1.807, 2.05) is 12.1 Å². The number of fused-ring (bicyclic) bond motifs is 1. The summed E-state index contributed by atoms with van der Waals surface area (Å²) in [6, 6.07) is 13.5. The van der Waals surface area contributed by atoms with Gasteiger partial charge in [-0.05, 0) is 47.7 Å². The van der Waals surface area contributed by atoms with E-state index in [0.717, 1.165) is 18.4 Å². The summed E-state index contributed by atoms with van der Waals surface area (Å²) >= 11 is 0. The summed E-state index contributed by atoms with van der Waals surface area (Å²) in [5.74, 6) is 0.868. The molecule has 5 heteroatoms. The van der Waals surface area contributed by atoms with Crippen LogP contribution < -0.4 is 15.0 Å². The van der Waals surface area contributed by atoms with Crippen molar-refractivity contribution in [1.82, 2.24) is 0 Å². The van der Waals surface area contributed by atoms with Gasteiger partial charge in [-0.3, -0.25) is 9.59 Å². The van der Waals surface area contributed by atoms with E-state index < -0.39 is 0 Å². The molecule has 0 fully saturated rings. The van der Waals surface area contributed by atoms with Gasteiger partial charge in [-0.15, -0.1) is 0 Å². The van der Waals surface area contributed by atoms with Gasteiger partial charge in [0.15, 0.2) is 6.61 Å². The van der Waals surface area contributed by atoms with E-state index in [2.05, 4.69) is 38.2 Å². The number of benzene rings is 2. The Morgan fingerprint density at radius 2 is 1.97 bits per heavy atom. The minimum atomic E-state index is -0.221. The van der Waals surface area contributed by atoms with Gasteiger partial charge in [0.05, 0.1) is 5.69 Å². The van der Waals surface area contributed by atoms with Crippen LogP contribution in [0.1, 0.15) is 50.7 Å². The third-order valence-corrected chi connectivity index (χ3v) is 4.94. The molecule has 2 aromatic rings. The van der Waals surface area contributed by atoms with Crippen LogP contribution in [0.4, 0.5) is 11.4 Å². The normalized spacial score (nSPS) is 13.5. The first-order chi connectivity index (χ1) is 14.0. The predicted molar refractivity (Wildman–Crippen MR) is 117 cm³/mol. The van der Waals surface area contributed by atoms with Crippen LogP contribution in [0.2, 0.25) is 0 Å².